The molecule has 0 amide bonds. The average Bonchev–Trinajstić information content (AvgIpc) is 2.33. The van der Waals surface area contributed by atoms with Crippen LogP contribution in [0.4, 0.5) is 5.69 Å². The SMILES string of the molecule is CN(N)c1cnn(-c2ccccc2)c(=O)c1Br. The summed E-state index contributed by atoms with van der Waals surface area (Å²) in [5.41, 5.74) is 1.01. The van der Waals surface area contributed by atoms with Crippen molar-refractivity contribution < 1.29 is 0 Å². The molecule has 0 aliphatic rings. The van der Waals surface area contributed by atoms with Crippen molar-refractivity contribution in [3.8, 4) is 5.69 Å². The summed E-state index contributed by atoms with van der Waals surface area (Å²) < 4.78 is 1.71. The Morgan fingerprint density at radius 1 is 1.35 bits per heavy atom. The molecule has 6 heteroatoms. The fraction of sp³-hybridized carbons (Fsp3) is 0.0909. The highest BCUT2D eigenvalue weighted by Gasteiger charge is 2.11. The summed E-state index contributed by atoms with van der Waals surface area (Å²) >= 11 is 3.23. The first-order valence-corrected chi connectivity index (χ1v) is 5.72. The summed E-state index contributed by atoms with van der Waals surface area (Å²) in [5.74, 6) is 5.59. The molecule has 5 nitrogen and oxygen atoms in total. The molecular formula is C11H11BrN4O. The third-order valence-corrected chi connectivity index (χ3v) is 3.03. The first kappa shape index (κ1) is 11.8. The summed E-state index contributed by atoms with van der Waals surface area (Å²) in [6.07, 6.45) is 1.54. The predicted molar refractivity (Wildman–Crippen MR) is 70.1 cm³/mol. The molecule has 0 aliphatic carbocycles. The zero-order valence-electron chi connectivity index (χ0n) is 9.17. The highest BCUT2D eigenvalue weighted by atomic mass is 79.9. The lowest BCUT2D eigenvalue weighted by Gasteiger charge is -2.14. The number of para-hydroxylation sites is 1. The van der Waals surface area contributed by atoms with E-state index in [0.29, 0.717) is 15.8 Å². The van der Waals surface area contributed by atoms with Gasteiger partial charge in [0.1, 0.15) is 4.47 Å². The highest BCUT2D eigenvalue weighted by molar-refractivity contribution is 9.10. The van der Waals surface area contributed by atoms with Crippen molar-refractivity contribution in [2.45, 2.75) is 0 Å². The van der Waals surface area contributed by atoms with Crippen molar-refractivity contribution >= 4 is 21.6 Å². The number of anilines is 1. The van der Waals surface area contributed by atoms with E-state index in [1.54, 1.807) is 13.2 Å². The monoisotopic (exact) mass is 294 g/mol. The van der Waals surface area contributed by atoms with E-state index in [1.807, 2.05) is 30.3 Å². The molecule has 2 aromatic rings. The van der Waals surface area contributed by atoms with Crippen LogP contribution in [0.5, 0.6) is 0 Å². The van der Waals surface area contributed by atoms with Crippen LogP contribution < -0.4 is 16.4 Å². The van der Waals surface area contributed by atoms with Gasteiger partial charge in [-0.25, -0.2) is 5.84 Å². The first-order valence-electron chi connectivity index (χ1n) is 4.93. The van der Waals surface area contributed by atoms with Gasteiger partial charge in [0.15, 0.2) is 0 Å². The number of hydrazine groups is 1. The molecule has 0 saturated heterocycles. The summed E-state index contributed by atoms with van der Waals surface area (Å²) in [4.78, 5) is 12.1. The van der Waals surface area contributed by atoms with Gasteiger partial charge in [0.05, 0.1) is 17.6 Å². The molecule has 17 heavy (non-hydrogen) atoms. The minimum atomic E-state index is -0.244. The van der Waals surface area contributed by atoms with Gasteiger partial charge in [0, 0.05) is 7.05 Å². The Balaban J connectivity index is 2.60. The Morgan fingerprint density at radius 2 is 2.00 bits per heavy atom. The zero-order chi connectivity index (χ0) is 12.4. The van der Waals surface area contributed by atoms with Gasteiger partial charge in [0.25, 0.3) is 5.56 Å². The lowest BCUT2D eigenvalue weighted by atomic mass is 10.3. The van der Waals surface area contributed by atoms with Gasteiger partial charge < -0.3 is 5.01 Å². The number of benzene rings is 1. The summed E-state index contributed by atoms with van der Waals surface area (Å²) in [5, 5.41) is 5.42. The fourth-order valence-corrected chi connectivity index (χ4v) is 1.97. The largest absolute Gasteiger partial charge is 0.311 e. The second kappa shape index (κ2) is 4.68. The lowest BCUT2D eigenvalue weighted by Crippen LogP contribution is -2.30. The third-order valence-electron chi connectivity index (χ3n) is 2.28. The van der Waals surface area contributed by atoms with Gasteiger partial charge in [-0.1, -0.05) is 18.2 Å². The Bertz CT molecular complexity index is 580. The molecule has 0 atom stereocenters. The quantitative estimate of drug-likeness (QED) is 0.670. The van der Waals surface area contributed by atoms with Crippen LogP contribution in [0.25, 0.3) is 5.69 Å². The minimum Gasteiger partial charge on any atom is -0.311 e. The summed E-state index contributed by atoms with van der Waals surface area (Å²) in [6, 6.07) is 9.20. The first-order chi connectivity index (χ1) is 8.11. The summed E-state index contributed by atoms with van der Waals surface area (Å²) in [6.45, 7) is 0. The molecule has 0 unspecified atom stereocenters. The van der Waals surface area contributed by atoms with E-state index in [-0.39, 0.29) is 5.56 Å². The van der Waals surface area contributed by atoms with Crippen molar-refractivity contribution in [1.82, 2.24) is 9.78 Å². The van der Waals surface area contributed by atoms with Crippen LogP contribution in [0, 0.1) is 0 Å². The smallest absolute Gasteiger partial charge is 0.287 e. The molecule has 0 aliphatic heterocycles. The predicted octanol–water partition coefficient (Wildman–Crippen LogP) is 1.30. The van der Waals surface area contributed by atoms with Crippen LogP contribution in [-0.4, -0.2) is 16.8 Å². The highest BCUT2D eigenvalue weighted by Crippen LogP contribution is 2.18. The fourth-order valence-electron chi connectivity index (χ4n) is 1.42. The second-order valence-electron chi connectivity index (χ2n) is 3.51. The number of hydrogen-bond donors (Lipinski definition) is 1. The van der Waals surface area contributed by atoms with E-state index in [2.05, 4.69) is 21.0 Å². The van der Waals surface area contributed by atoms with Crippen molar-refractivity contribution in [1.29, 1.82) is 0 Å². The van der Waals surface area contributed by atoms with Crippen LogP contribution in [-0.2, 0) is 0 Å². The number of nitrogens with two attached hydrogens (primary N) is 1. The Labute approximate surface area is 107 Å². The normalized spacial score (nSPS) is 10.3. The molecular weight excluding hydrogens is 284 g/mol. The molecule has 2 N–H and O–H groups in total. The zero-order valence-corrected chi connectivity index (χ0v) is 10.8. The Morgan fingerprint density at radius 3 is 2.59 bits per heavy atom. The van der Waals surface area contributed by atoms with Crippen LogP contribution >= 0.6 is 15.9 Å². The standard InChI is InChI=1S/C11H11BrN4O/c1-15(13)9-7-14-16(11(17)10(9)12)8-5-3-2-4-6-8/h2-7H,13H2,1H3. The van der Waals surface area contributed by atoms with Crippen LogP contribution in [0.3, 0.4) is 0 Å². The summed E-state index contributed by atoms with van der Waals surface area (Å²) in [7, 11) is 1.65. The number of aromatic nitrogens is 2. The number of rotatable bonds is 2. The van der Waals surface area contributed by atoms with E-state index in [0.717, 1.165) is 0 Å². The molecule has 0 spiro atoms. The van der Waals surface area contributed by atoms with Crippen molar-refractivity contribution in [3.63, 3.8) is 0 Å². The van der Waals surface area contributed by atoms with Gasteiger partial charge >= 0.3 is 0 Å². The maximum absolute atomic E-state index is 12.1. The van der Waals surface area contributed by atoms with Gasteiger partial charge in [-0.05, 0) is 28.1 Å². The van der Waals surface area contributed by atoms with E-state index in [4.69, 9.17) is 5.84 Å². The van der Waals surface area contributed by atoms with E-state index < -0.39 is 0 Å². The Kier molecular flexibility index (Phi) is 3.26. The minimum absolute atomic E-state index is 0.244. The molecule has 1 aromatic heterocycles. The Hall–Kier alpha value is -1.66. The molecule has 2 rings (SSSR count). The molecule has 1 aromatic carbocycles. The van der Waals surface area contributed by atoms with Crippen molar-refractivity contribution in [2.24, 2.45) is 5.84 Å². The van der Waals surface area contributed by atoms with E-state index in [1.165, 1.54) is 9.69 Å². The average molecular weight is 295 g/mol. The molecule has 0 bridgehead atoms. The second-order valence-corrected chi connectivity index (χ2v) is 4.30. The number of halogens is 1. The van der Waals surface area contributed by atoms with E-state index >= 15 is 0 Å². The maximum atomic E-state index is 12.1. The van der Waals surface area contributed by atoms with Crippen molar-refractivity contribution in [3.05, 3.63) is 51.4 Å². The molecule has 0 saturated carbocycles. The van der Waals surface area contributed by atoms with Crippen molar-refractivity contribution in [2.75, 3.05) is 12.1 Å². The number of hydrogen-bond acceptors (Lipinski definition) is 4. The van der Waals surface area contributed by atoms with Gasteiger partial charge in [0.2, 0.25) is 0 Å². The molecule has 0 fully saturated rings. The topological polar surface area (TPSA) is 64.2 Å². The number of nitrogens with zero attached hydrogens (tertiary/aromatic N) is 3. The van der Waals surface area contributed by atoms with Gasteiger partial charge in [-0.2, -0.15) is 9.78 Å². The molecule has 88 valence electrons. The van der Waals surface area contributed by atoms with Crippen LogP contribution in [0.2, 0.25) is 0 Å². The van der Waals surface area contributed by atoms with Crippen LogP contribution in [0.1, 0.15) is 0 Å². The van der Waals surface area contributed by atoms with E-state index in [9.17, 15) is 4.79 Å². The maximum Gasteiger partial charge on any atom is 0.287 e. The van der Waals surface area contributed by atoms with Gasteiger partial charge in [-0.3, -0.25) is 4.79 Å². The molecule has 1 heterocycles. The molecule has 0 radical (unpaired) electrons. The third kappa shape index (κ3) is 2.22. The van der Waals surface area contributed by atoms with Gasteiger partial charge in [-0.15, -0.1) is 0 Å². The van der Waals surface area contributed by atoms with Crippen LogP contribution in [0.15, 0.2) is 45.8 Å². The lowest BCUT2D eigenvalue weighted by molar-refractivity contribution is 0.792.